The fraction of sp³-hybridized carbons (Fsp3) is 0.231. The van der Waals surface area contributed by atoms with Gasteiger partial charge in [0.15, 0.2) is 0 Å². The van der Waals surface area contributed by atoms with E-state index >= 15 is 0 Å². The molecule has 1 aromatic carbocycles. The van der Waals surface area contributed by atoms with Crippen molar-refractivity contribution in [2.45, 2.75) is 13.0 Å². The summed E-state index contributed by atoms with van der Waals surface area (Å²) >= 11 is 0. The lowest BCUT2D eigenvalue weighted by atomic mass is 10.1. The van der Waals surface area contributed by atoms with Crippen LogP contribution in [0.5, 0.6) is 0 Å². The minimum atomic E-state index is -0.270. The topological polar surface area (TPSA) is 73.1 Å². The summed E-state index contributed by atoms with van der Waals surface area (Å²) in [6.07, 6.45) is 3.00. The molecule has 4 nitrogen and oxygen atoms in total. The van der Waals surface area contributed by atoms with E-state index in [9.17, 15) is 4.79 Å². The van der Waals surface area contributed by atoms with Gasteiger partial charge in [0.05, 0.1) is 18.2 Å². The lowest BCUT2D eigenvalue weighted by Crippen LogP contribution is -2.33. The second-order valence-corrected chi connectivity index (χ2v) is 3.66. The van der Waals surface area contributed by atoms with Crippen molar-refractivity contribution < 1.29 is 9.90 Å². The van der Waals surface area contributed by atoms with E-state index in [1.165, 1.54) is 6.08 Å². The first-order valence-electron chi connectivity index (χ1n) is 5.25. The zero-order valence-electron chi connectivity index (χ0n) is 9.55. The van der Waals surface area contributed by atoms with Crippen LogP contribution in [0.15, 0.2) is 30.3 Å². The summed E-state index contributed by atoms with van der Waals surface area (Å²) in [6, 6.07) is 8.72. The fourth-order valence-corrected chi connectivity index (χ4v) is 1.22. The minimum Gasteiger partial charge on any atom is -0.394 e. The molecule has 2 N–H and O–H groups in total. The van der Waals surface area contributed by atoms with Crippen LogP contribution in [0.4, 0.5) is 0 Å². The summed E-state index contributed by atoms with van der Waals surface area (Å²) in [5.41, 5.74) is 1.34. The highest BCUT2D eigenvalue weighted by Crippen LogP contribution is 2.05. The summed E-state index contributed by atoms with van der Waals surface area (Å²) < 4.78 is 0. The molecule has 17 heavy (non-hydrogen) atoms. The highest BCUT2D eigenvalue weighted by atomic mass is 16.3. The zero-order chi connectivity index (χ0) is 12.7. The van der Waals surface area contributed by atoms with Crippen molar-refractivity contribution in [2.24, 2.45) is 0 Å². The third-order valence-electron chi connectivity index (χ3n) is 2.11. The molecule has 0 saturated heterocycles. The molecule has 88 valence electrons. The van der Waals surface area contributed by atoms with Gasteiger partial charge in [0.2, 0.25) is 5.91 Å². The van der Waals surface area contributed by atoms with Crippen LogP contribution in [0, 0.1) is 11.3 Å². The van der Waals surface area contributed by atoms with Crippen LogP contribution >= 0.6 is 0 Å². The van der Waals surface area contributed by atoms with Crippen molar-refractivity contribution in [1.29, 1.82) is 5.26 Å². The summed E-state index contributed by atoms with van der Waals surface area (Å²) in [5, 5.41) is 20.1. The number of aliphatic hydroxyl groups excluding tert-OH is 1. The Morgan fingerprint density at radius 1 is 1.65 bits per heavy atom. The van der Waals surface area contributed by atoms with Crippen molar-refractivity contribution in [3.05, 3.63) is 41.5 Å². The highest BCUT2D eigenvalue weighted by Gasteiger charge is 2.01. The lowest BCUT2D eigenvalue weighted by molar-refractivity contribution is -0.117. The number of amides is 1. The third kappa shape index (κ3) is 4.49. The molecule has 0 unspecified atom stereocenters. The standard InChI is InChI=1S/C13H14N2O2/c1-10(9-16)15-13(17)6-5-11-3-2-4-12(7-11)8-14/h2-7,10,16H,9H2,1H3,(H,15,17)/t10-/m1/s1. The van der Waals surface area contributed by atoms with Crippen molar-refractivity contribution >= 4 is 12.0 Å². The molecule has 0 bridgehead atoms. The third-order valence-corrected chi connectivity index (χ3v) is 2.11. The molecule has 0 aliphatic carbocycles. The number of hydrogen-bond donors (Lipinski definition) is 2. The van der Waals surface area contributed by atoms with Crippen molar-refractivity contribution in [1.82, 2.24) is 5.32 Å². The maximum Gasteiger partial charge on any atom is 0.244 e. The van der Waals surface area contributed by atoms with Crippen LogP contribution in [-0.4, -0.2) is 23.7 Å². The Kier molecular flexibility index (Phi) is 4.92. The Labute approximate surface area is 100 Å². The van der Waals surface area contributed by atoms with E-state index in [-0.39, 0.29) is 18.6 Å². The van der Waals surface area contributed by atoms with Gasteiger partial charge in [-0.2, -0.15) is 5.26 Å². The van der Waals surface area contributed by atoms with Crippen LogP contribution in [0.2, 0.25) is 0 Å². The van der Waals surface area contributed by atoms with E-state index in [2.05, 4.69) is 5.32 Å². The van der Waals surface area contributed by atoms with Gasteiger partial charge in [-0.25, -0.2) is 0 Å². The average Bonchev–Trinajstić information content (AvgIpc) is 2.36. The predicted octanol–water partition coefficient (Wildman–Crippen LogP) is 1.07. The second-order valence-electron chi connectivity index (χ2n) is 3.66. The Morgan fingerprint density at radius 3 is 3.06 bits per heavy atom. The number of rotatable bonds is 4. The fourth-order valence-electron chi connectivity index (χ4n) is 1.22. The predicted molar refractivity (Wildman–Crippen MR) is 64.9 cm³/mol. The maximum atomic E-state index is 11.4. The number of benzene rings is 1. The number of hydrogen-bond acceptors (Lipinski definition) is 3. The van der Waals surface area contributed by atoms with Crippen LogP contribution in [-0.2, 0) is 4.79 Å². The van der Waals surface area contributed by atoms with E-state index in [0.717, 1.165) is 5.56 Å². The van der Waals surface area contributed by atoms with E-state index in [0.29, 0.717) is 5.56 Å². The van der Waals surface area contributed by atoms with E-state index < -0.39 is 0 Å². The molecule has 0 heterocycles. The molecule has 0 spiro atoms. The highest BCUT2D eigenvalue weighted by molar-refractivity contribution is 5.91. The molecule has 4 heteroatoms. The molecule has 1 atom stereocenters. The number of nitrogens with zero attached hydrogens (tertiary/aromatic N) is 1. The largest absolute Gasteiger partial charge is 0.394 e. The van der Waals surface area contributed by atoms with E-state index in [4.69, 9.17) is 10.4 Å². The number of nitriles is 1. The normalized spacial score (nSPS) is 12.1. The van der Waals surface area contributed by atoms with Crippen LogP contribution < -0.4 is 5.32 Å². The molecule has 0 fully saturated rings. The smallest absolute Gasteiger partial charge is 0.244 e. The average molecular weight is 230 g/mol. The molecule has 0 aliphatic heterocycles. The maximum absolute atomic E-state index is 11.4. The summed E-state index contributed by atoms with van der Waals surface area (Å²) in [7, 11) is 0. The monoisotopic (exact) mass is 230 g/mol. The zero-order valence-corrected chi connectivity index (χ0v) is 9.55. The second kappa shape index (κ2) is 6.46. The van der Waals surface area contributed by atoms with E-state index in [1.807, 2.05) is 6.07 Å². The Bertz CT molecular complexity index is 461. The Hall–Kier alpha value is -2.12. The molecule has 0 aromatic heterocycles. The summed E-state index contributed by atoms with van der Waals surface area (Å²) in [5.74, 6) is -0.270. The van der Waals surface area contributed by atoms with Gasteiger partial charge >= 0.3 is 0 Å². The molecule has 1 aromatic rings. The van der Waals surface area contributed by atoms with Gasteiger partial charge in [-0.05, 0) is 30.7 Å². The number of nitrogens with one attached hydrogen (secondary N) is 1. The molecule has 0 radical (unpaired) electrons. The first-order chi connectivity index (χ1) is 8.15. The van der Waals surface area contributed by atoms with Gasteiger partial charge in [0, 0.05) is 12.1 Å². The summed E-state index contributed by atoms with van der Waals surface area (Å²) in [4.78, 5) is 11.4. The van der Waals surface area contributed by atoms with Gasteiger partial charge < -0.3 is 10.4 Å². The Balaban J connectivity index is 2.64. The molecule has 1 rings (SSSR count). The van der Waals surface area contributed by atoms with Gasteiger partial charge in [0.25, 0.3) is 0 Å². The molecular formula is C13H14N2O2. The van der Waals surface area contributed by atoms with Crippen LogP contribution in [0.1, 0.15) is 18.1 Å². The molecule has 0 aliphatic rings. The molecular weight excluding hydrogens is 216 g/mol. The van der Waals surface area contributed by atoms with Gasteiger partial charge in [0.1, 0.15) is 0 Å². The van der Waals surface area contributed by atoms with Gasteiger partial charge in [-0.1, -0.05) is 12.1 Å². The Morgan fingerprint density at radius 2 is 2.41 bits per heavy atom. The lowest BCUT2D eigenvalue weighted by Gasteiger charge is -2.07. The van der Waals surface area contributed by atoms with Crippen molar-refractivity contribution in [2.75, 3.05) is 6.61 Å². The van der Waals surface area contributed by atoms with E-state index in [1.54, 1.807) is 37.3 Å². The summed E-state index contributed by atoms with van der Waals surface area (Å²) in [6.45, 7) is 1.62. The van der Waals surface area contributed by atoms with Crippen LogP contribution in [0.3, 0.4) is 0 Å². The van der Waals surface area contributed by atoms with Crippen molar-refractivity contribution in [3.8, 4) is 6.07 Å². The first kappa shape index (κ1) is 12.9. The van der Waals surface area contributed by atoms with Gasteiger partial charge in [-0.15, -0.1) is 0 Å². The van der Waals surface area contributed by atoms with Crippen LogP contribution in [0.25, 0.3) is 6.08 Å². The number of carbonyl (C=O) groups is 1. The van der Waals surface area contributed by atoms with Gasteiger partial charge in [-0.3, -0.25) is 4.79 Å². The quantitative estimate of drug-likeness (QED) is 0.760. The number of carbonyl (C=O) groups excluding carboxylic acids is 1. The molecule has 0 saturated carbocycles. The molecule has 1 amide bonds. The van der Waals surface area contributed by atoms with Crippen molar-refractivity contribution in [3.63, 3.8) is 0 Å². The SMILES string of the molecule is C[C@H](CO)NC(=O)C=Cc1cccc(C#N)c1. The number of aliphatic hydroxyl groups is 1. The first-order valence-corrected chi connectivity index (χ1v) is 5.25. The minimum absolute atomic E-state index is 0.0938.